The highest BCUT2D eigenvalue weighted by Gasteiger charge is 2.46. The molecule has 1 fully saturated rings. The number of fused-ring (bicyclic) bond motifs is 1. The molecule has 5 heteroatoms. The molecule has 1 aliphatic heterocycles. The predicted octanol–water partition coefficient (Wildman–Crippen LogP) is 4.63. The molecule has 2 heterocycles. The molecule has 1 aromatic heterocycles. The van der Waals surface area contributed by atoms with Crippen molar-refractivity contribution >= 4 is 10.9 Å². The van der Waals surface area contributed by atoms with Crippen molar-refractivity contribution in [1.82, 2.24) is 9.88 Å². The summed E-state index contributed by atoms with van der Waals surface area (Å²) < 4.78 is 12.6. The summed E-state index contributed by atoms with van der Waals surface area (Å²) in [5, 5.41) is 0.990. The lowest BCUT2D eigenvalue weighted by atomic mass is 9.86. The van der Waals surface area contributed by atoms with Gasteiger partial charge in [0.05, 0.1) is 6.54 Å². The number of methoxy groups -OCH3 is 1. The number of hydrogen-bond donors (Lipinski definition) is 1. The lowest BCUT2D eigenvalue weighted by molar-refractivity contribution is -0.0359. The number of likely N-dealkylation sites (tertiary alicyclic amines) is 1. The van der Waals surface area contributed by atoms with Crippen LogP contribution in [0.5, 0.6) is 5.75 Å². The number of nitrogens with one attached hydrogen (secondary N) is 1. The number of pyridine rings is 1. The molecule has 0 bridgehead atoms. The first kappa shape index (κ1) is 22.1. The van der Waals surface area contributed by atoms with Crippen molar-refractivity contribution in [2.75, 3.05) is 20.2 Å². The van der Waals surface area contributed by atoms with Gasteiger partial charge in [-0.15, -0.1) is 6.42 Å². The van der Waals surface area contributed by atoms with Gasteiger partial charge in [0.15, 0.2) is 0 Å². The Morgan fingerprint density at radius 3 is 2.84 bits per heavy atom. The number of rotatable bonds is 7. The molecule has 4 rings (SSSR count). The number of hydrogen-bond acceptors (Lipinski definition) is 4. The molecule has 0 amide bonds. The minimum Gasteiger partial charge on any atom is -0.486 e. The fraction of sp³-hybridized carbons (Fsp3) is 0.370. The van der Waals surface area contributed by atoms with Gasteiger partial charge in [0, 0.05) is 31.3 Å². The quantitative estimate of drug-likeness (QED) is 0.556. The summed E-state index contributed by atoms with van der Waals surface area (Å²) in [6.45, 7) is 5.81. The van der Waals surface area contributed by atoms with Crippen LogP contribution in [-0.4, -0.2) is 36.1 Å². The SMILES string of the molecule is C#CCN1CCC(OC)(c2cccc(OC(CC)c3ccc4[nH]c(=O)ccc4c3)c2)C1C. The molecule has 1 aliphatic rings. The third-order valence-corrected chi connectivity index (χ3v) is 6.74. The Kier molecular flexibility index (Phi) is 6.36. The van der Waals surface area contributed by atoms with Crippen LogP contribution >= 0.6 is 0 Å². The van der Waals surface area contributed by atoms with Crippen LogP contribution in [0.25, 0.3) is 10.9 Å². The third-order valence-electron chi connectivity index (χ3n) is 6.74. The standard InChI is InChI=1S/C27H30N2O3/c1-5-15-29-16-14-27(31-4,19(29)3)22-8-7-9-23(18-22)32-25(6-2)21-10-12-24-20(17-21)11-13-26(30)28-24/h1,7-13,17-19,25H,6,14-16H2,2-4H3,(H,28,30). The first-order valence-electron chi connectivity index (χ1n) is 11.1. The molecule has 32 heavy (non-hydrogen) atoms. The van der Waals surface area contributed by atoms with Crippen LogP contribution < -0.4 is 10.3 Å². The molecular weight excluding hydrogens is 400 g/mol. The second-order valence-electron chi connectivity index (χ2n) is 8.41. The molecule has 166 valence electrons. The van der Waals surface area contributed by atoms with E-state index in [1.807, 2.05) is 30.3 Å². The first-order chi connectivity index (χ1) is 15.5. The smallest absolute Gasteiger partial charge is 0.248 e. The first-order valence-corrected chi connectivity index (χ1v) is 11.1. The van der Waals surface area contributed by atoms with Gasteiger partial charge in [0.25, 0.3) is 0 Å². The van der Waals surface area contributed by atoms with Crippen molar-refractivity contribution < 1.29 is 9.47 Å². The van der Waals surface area contributed by atoms with Crippen molar-refractivity contribution in [2.24, 2.45) is 0 Å². The topological polar surface area (TPSA) is 54.6 Å². The average Bonchev–Trinajstić information content (AvgIpc) is 3.14. The number of nitrogens with zero attached hydrogens (tertiary/aromatic N) is 1. The van der Waals surface area contributed by atoms with Gasteiger partial charge in [-0.3, -0.25) is 9.69 Å². The molecular formula is C27H30N2O3. The van der Waals surface area contributed by atoms with Crippen molar-refractivity contribution in [3.63, 3.8) is 0 Å². The monoisotopic (exact) mass is 430 g/mol. The molecule has 0 spiro atoms. The van der Waals surface area contributed by atoms with Gasteiger partial charge in [-0.05, 0) is 66.6 Å². The molecule has 3 atom stereocenters. The summed E-state index contributed by atoms with van der Waals surface area (Å²) in [7, 11) is 1.78. The van der Waals surface area contributed by atoms with Crippen LogP contribution in [0.1, 0.15) is 43.9 Å². The van der Waals surface area contributed by atoms with Gasteiger partial charge in [0.2, 0.25) is 5.56 Å². The van der Waals surface area contributed by atoms with E-state index >= 15 is 0 Å². The van der Waals surface area contributed by atoms with Crippen LogP contribution in [0, 0.1) is 12.3 Å². The molecule has 3 aromatic rings. The number of aromatic amines is 1. The molecule has 3 unspecified atom stereocenters. The zero-order valence-corrected chi connectivity index (χ0v) is 18.9. The number of aromatic nitrogens is 1. The van der Waals surface area contributed by atoms with Crippen molar-refractivity contribution in [1.29, 1.82) is 0 Å². The molecule has 0 saturated carbocycles. The van der Waals surface area contributed by atoms with E-state index in [-0.39, 0.29) is 17.7 Å². The second-order valence-corrected chi connectivity index (χ2v) is 8.41. The molecule has 0 aliphatic carbocycles. The maximum Gasteiger partial charge on any atom is 0.248 e. The minimum atomic E-state index is -0.410. The van der Waals surface area contributed by atoms with E-state index in [2.05, 4.69) is 47.9 Å². The largest absolute Gasteiger partial charge is 0.486 e. The summed E-state index contributed by atoms with van der Waals surface area (Å²) in [5.74, 6) is 3.57. The van der Waals surface area contributed by atoms with Gasteiger partial charge in [-0.25, -0.2) is 0 Å². The summed E-state index contributed by atoms with van der Waals surface area (Å²) in [5.41, 5.74) is 2.50. The number of terminal acetylenes is 1. The average molecular weight is 431 g/mol. The fourth-order valence-corrected chi connectivity index (χ4v) is 4.87. The molecule has 2 aromatic carbocycles. The van der Waals surface area contributed by atoms with E-state index in [0.29, 0.717) is 6.54 Å². The Morgan fingerprint density at radius 1 is 1.25 bits per heavy atom. The summed E-state index contributed by atoms with van der Waals surface area (Å²) in [6.07, 6.45) is 7.17. The van der Waals surface area contributed by atoms with Crippen LogP contribution in [0.3, 0.4) is 0 Å². The predicted molar refractivity (Wildman–Crippen MR) is 128 cm³/mol. The lowest BCUT2D eigenvalue weighted by Crippen LogP contribution is -2.42. The Bertz CT molecular complexity index is 1200. The van der Waals surface area contributed by atoms with Crippen molar-refractivity contribution in [3.8, 4) is 18.1 Å². The summed E-state index contributed by atoms with van der Waals surface area (Å²) in [6, 6.07) is 17.8. The Morgan fingerprint density at radius 2 is 2.09 bits per heavy atom. The van der Waals surface area contributed by atoms with Gasteiger partial charge >= 0.3 is 0 Å². The van der Waals surface area contributed by atoms with Gasteiger partial charge in [0.1, 0.15) is 17.5 Å². The van der Waals surface area contributed by atoms with E-state index in [1.54, 1.807) is 13.2 Å². The highest BCUT2D eigenvalue weighted by atomic mass is 16.5. The zero-order valence-electron chi connectivity index (χ0n) is 18.9. The number of H-pyrrole nitrogens is 1. The highest BCUT2D eigenvalue weighted by Crippen LogP contribution is 2.42. The Labute approximate surface area is 189 Å². The molecule has 0 radical (unpaired) electrons. The number of ether oxygens (including phenoxy) is 2. The van der Waals surface area contributed by atoms with E-state index in [1.165, 1.54) is 0 Å². The number of benzene rings is 2. The lowest BCUT2D eigenvalue weighted by Gasteiger charge is -2.35. The van der Waals surface area contributed by atoms with E-state index in [0.717, 1.165) is 47.2 Å². The van der Waals surface area contributed by atoms with Crippen LogP contribution in [0.2, 0.25) is 0 Å². The summed E-state index contributed by atoms with van der Waals surface area (Å²) in [4.78, 5) is 16.7. The second kappa shape index (κ2) is 9.20. The van der Waals surface area contributed by atoms with Crippen LogP contribution in [0.15, 0.2) is 59.4 Å². The maximum atomic E-state index is 11.6. The van der Waals surface area contributed by atoms with E-state index < -0.39 is 5.60 Å². The molecule has 1 saturated heterocycles. The fourth-order valence-electron chi connectivity index (χ4n) is 4.87. The highest BCUT2D eigenvalue weighted by molar-refractivity contribution is 5.79. The van der Waals surface area contributed by atoms with Gasteiger partial charge < -0.3 is 14.5 Å². The maximum absolute atomic E-state index is 11.6. The molecule has 5 nitrogen and oxygen atoms in total. The Hall–Kier alpha value is -3.07. The van der Waals surface area contributed by atoms with Gasteiger partial charge in [-0.1, -0.05) is 31.0 Å². The van der Waals surface area contributed by atoms with Crippen molar-refractivity contribution in [2.45, 2.75) is 44.4 Å². The Balaban J connectivity index is 1.61. The van der Waals surface area contributed by atoms with E-state index in [9.17, 15) is 4.79 Å². The third kappa shape index (κ3) is 4.04. The minimum absolute atomic E-state index is 0.0978. The molecule has 1 N–H and O–H groups in total. The van der Waals surface area contributed by atoms with Crippen LogP contribution in [-0.2, 0) is 10.3 Å². The zero-order chi connectivity index (χ0) is 22.7. The van der Waals surface area contributed by atoms with Crippen molar-refractivity contribution in [3.05, 3.63) is 76.1 Å². The van der Waals surface area contributed by atoms with Crippen LogP contribution in [0.4, 0.5) is 0 Å². The normalized spacial score (nSPS) is 22.0. The summed E-state index contributed by atoms with van der Waals surface area (Å²) >= 11 is 0. The van der Waals surface area contributed by atoms with E-state index in [4.69, 9.17) is 15.9 Å². The van der Waals surface area contributed by atoms with Gasteiger partial charge in [-0.2, -0.15) is 0 Å².